The van der Waals surface area contributed by atoms with Crippen LogP contribution < -0.4 is 5.32 Å². The maximum Gasteiger partial charge on any atom is 0.0766 e. The van der Waals surface area contributed by atoms with Gasteiger partial charge in [-0.15, -0.1) is 0 Å². The van der Waals surface area contributed by atoms with E-state index in [4.69, 9.17) is 4.74 Å². The highest BCUT2D eigenvalue weighted by molar-refractivity contribution is 9.10. The molecule has 0 aliphatic heterocycles. The van der Waals surface area contributed by atoms with E-state index in [9.17, 15) is 0 Å². The van der Waals surface area contributed by atoms with Crippen molar-refractivity contribution >= 4 is 15.9 Å². The van der Waals surface area contributed by atoms with Crippen molar-refractivity contribution in [2.45, 2.75) is 51.7 Å². The van der Waals surface area contributed by atoms with Crippen LogP contribution in [0, 0.1) is 5.92 Å². The zero-order chi connectivity index (χ0) is 14.7. The molecule has 1 heterocycles. The lowest BCUT2D eigenvalue weighted by molar-refractivity contribution is 0.0206. The quantitative estimate of drug-likeness (QED) is 0.788. The number of aromatic nitrogens is 2. The topological polar surface area (TPSA) is 39.1 Å². The molecular weight excluding hydrogens is 318 g/mol. The van der Waals surface area contributed by atoms with Crippen molar-refractivity contribution < 1.29 is 4.74 Å². The second kappa shape index (κ2) is 7.05. The third-order valence-electron chi connectivity index (χ3n) is 4.13. The molecular formula is C15H26BrN3O. The van der Waals surface area contributed by atoms with E-state index in [0.717, 1.165) is 35.5 Å². The van der Waals surface area contributed by atoms with Crippen molar-refractivity contribution in [2.75, 3.05) is 13.7 Å². The fourth-order valence-corrected chi connectivity index (χ4v) is 3.61. The molecule has 0 aromatic carbocycles. The monoisotopic (exact) mass is 343 g/mol. The van der Waals surface area contributed by atoms with Crippen LogP contribution in [0.5, 0.6) is 0 Å². The summed E-state index contributed by atoms with van der Waals surface area (Å²) in [5.41, 5.74) is 2.39. The van der Waals surface area contributed by atoms with Crippen LogP contribution >= 0.6 is 15.9 Å². The second-order valence-electron chi connectivity index (χ2n) is 5.54. The third-order valence-corrected chi connectivity index (χ3v) is 5.04. The Balaban J connectivity index is 2.14. The van der Waals surface area contributed by atoms with Gasteiger partial charge in [-0.25, -0.2) is 0 Å². The summed E-state index contributed by atoms with van der Waals surface area (Å²) in [7, 11) is 4.06. The first-order chi connectivity index (χ1) is 9.62. The number of rotatable bonds is 8. The van der Waals surface area contributed by atoms with Crippen LogP contribution in [0.3, 0.4) is 0 Å². The molecule has 1 fully saturated rings. The highest BCUT2D eigenvalue weighted by Gasteiger charge is 2.37. The van der Waals surface area contributed by atoms with Crippen molar-refractivity contribution in [1.29, 1.82) is 0 Å². The first-order valence-corrected chi connectivity index (χ1v) is 8.40. The van der Waals surface area contributed by atoms with E-state index in [1.807, 2.05) is 18.8 Å². The van der Waals surface area contributed by atoms with Gasteiger partial charge in [0, 0.05) is 26.1 Å². The zero-order valence-electron chi connectivity index (χ0n) is 12.9. The van der Waals surface area contributed by atoms with Crippen molar-refractivity contribution in [3.05, 3.63) is 15.9 Å². The molecule has 20 heavy (non-hydrogen) atoms. The Morgan fingerprint density at radius 3 is 2.60 bits per heavy atom. The molecule has 114 valence electrons. The molecule has 0 saturated heterocycles. The van der Waals surface area contributed by atoms with E-state index in [-0.39, 0.29) is 0 Å². The molecule has 1 N–H and O–H groups in total. The number of nitrogens with zero attached hydrogens (tertiary/aromatic N) is 2. The lowest BCUT2D eigenvalue weighted by atomic mass is 10.0. The Labute approximate surface area is 130 Å². The molecule has 2 unspecified atom stereocenters. The standard InChI is InChI=1S/C15H26BrN3O/c1-5-11-14(16)13(19(4)18-11)9-12(17-3)15(20-6-2)10-7-8-10/h10,12,15,17H,5-9H2,1-4H3. The second-order valence-corrected chi connectivity index (χ2v) is 6.33. The van der Waals surface area contributed by atoms with Crippen molar-refractivity contribution in [3.8, 4) is 0 Å². The minimum absolute atomic E-state index is 0.317. The summed E-state index contributed by atoms with van der Waals surface area (Å²) in [6.07, 6.45) is 4.82. The van der Waals surface area contributed by atoms with Gasteiger partial charge in [-0.3, -0.25) is 4.68 Å². The molecule has 0 spiro atoms. The molecule has 2 rings (SSSR count). The maximum absolute atomic E-state index is 6.00. The van der Waals surface area contributed by atoms with E-state index in [1.165, 1.54) is 18.5 Å². The van der Waals surface area contributed by atoms with Gasteiger partial charge in [0.2, 0.25) is 0 Å². The molecule has 4 nitrogen and oxygen atoms in total. The maximum atomic E-state index is 6.00. The lowest BCUT2D eigenvalue weighted by Gasteiger charge is -2.27. The van der Waals surface area contributed by atoms with E-state index >= 15 is 0 Å². The summed E-state index contributed by atoms with van der Waals surface area (Å²) in [6, 6.07) is 0.346. The Bertz CT molecular complexity index is 443. The average molecular weight is 344 g/mol. The van der Waals surface area contributed by atoms with Crippen LogP contribution in [0.25, 0.3) is 0 Å². The number of halogens is 1. The Morgan fingerprint density at radius 2 is 2.15 bits per heavy atom. The Hall–Kier alpha value is -0.390. The van der Waals surface area contributed by atoms with Crippen molar-refractivity contribution in [2.24, 2.45) is 13.0 Å². The average Bonchev–Trinajstić information content (AvgIpc) is 3.24. The van der Waals surface area contributed by atoms with Crippen molar-refractivity contribution in [1.82, 2.24) is 15.1 Å². The minimum Gasteiger partial charge on any atom is -0.377 e. The summed E-state index contributed by atoms with van der Waals surface area (Å²) in [4.78, 5) is 0. The number of hydrogen-bond donors (Lipinski definition) is 1. The summed E-state index contributed by atoms with van der Waals surface area (Å²) >= 11 is 3.71. The predicted octanol–water partition coefficient (Wildman–Crippen LogP) is 2.69. The largest absolute Gasteiger partial charge is 0.377 e. The molecule has 1 saturated carbocycles. The van der Waals surface area contributed by atoms with Crippen LogP contribution in [0.15, 0.2) is 4.47 Å². The molecule has 0 radical (unpaired) electrons. The van der Waals surface area contributed by atoms with Gasteiger partial charge in [0.15, 0.2) is 0 Å². The van der Waals surface area contributed by atoms with Gasteiger partial charge >= 0.3 is 0 Å². The highest BCUT2D eigenvalue weighted by Crippen LogP contribution is 2.37. The van der Waals surface area contributed by atoms with Gasteiger partial charge in [0.1, 0.15) is 0 Å². The van der Waals surface area contributed by atoms with Gasteiger partial charge < -0.3 is 10.1 Å². The van der Waals surface area contributed by atoms with Crippen LogP contribution in [0.4, 0.5) is 0 Å². The zero-order valence-corrected chi connectivity index (χ0v) is 14.5. The van der Waals surface area contributed by atoms with E-state index < -0.39 is 0 Å². The highest BCUT2D eigenvalue weighted by atomic mass is 79.9. The van der Waals surface area contributed by atoms with Crippen LogP contribution in [-0.4, -0.2) is 35.6 Å². The van der Waals surface area contributed by atoms with Gasteiger partial charge in [-0.2, -0.15) is 5.10 Å². The molecule has 1 aliphatic carbocycles. The molecule has 0 amide bonds. The summed E-state index contributed by atoms with van der Waals surface area (Å²) in [5.74, 6) is 0.727. The lowest BCUT2D eigenvalue weighted by Crippen LogP contribution is -2.43. The van der Waals surface area contributed by atoms with E-state index in [2.05, 4.69) is 40.2 Å². The Kier molecular flexibility index (Phi) is 5.64. The third kappa shape index (κ3) is 3.43. The fourth-order valence-electron chi connectivity index (χ4n) is 2.83. The predicted molar refractivity (Wildman–Crippen MR) is 85.0 cm³/mol. The molecule has 1 aliphatic rings. The van der Waals surface area contributed by atoms with E-state index in [1.54, 1.807) is 0 Å². The smallest absolute Gasteiger partial charge is 0.0766 e. The molecule has 1 aromatic heterocycles. The molecule has 5 heteroatoms. The van der Waals surface area contributed by atoms with Gasteiger partial charge in [-0.05, 0) is 55.1 Å². The van der Waals surface area contributed by atoms with Gasteiger partial charge in [0.25, 0.3) is 0 Å². The Morgan fingerprint density at radius 1 is 1.45 bits per heavy atom. The number of hydrogen-bond acceptors (Lipinski definition) is 3. The SMILES string of the molecule is CCOC(C1CC1)C(Cc1c(Br)c(CC)nn1C)NC. The fraction of sp³-hybridized carbons (Fsp3) is 0.800. The number of nitrogens with one attached hydrogen (secondary N) is 1. The number of ether oxygens (including phenoxy) is 1. The van der Waals surface area contributed by atoms with Crippen molar-refractivity contribution in [3.63, 3.8) is 0 Å². The van der Waals surface area contributed by atoms with Crippen LogP contribution in [0.1, 0.15) is 38.1 Å². The van der Waals surface area contributed by atoms with Gasteiger partial charge in [-0.1, -0.05) is 6.92 Å². The number of likely N-dealkylation sites (N-methyl/N-ethyl adjacent to an activating group) is 1. The summed E-state index contributed by atoms with van der Waals surface area (Å²) < 4.78 is 9.16. The summed E-state index contributed by atoms with van der Waals surface area (Å²) in [6.45, 7) is 5.00. The van der Waals surface area contributed by atoms with E-state index in [0.29, 0.717) is 12.1 Å². The first kappa shape index (κ1) is 16.0. The number of aryl methyl sites for hydroxylation is 2. The van der Waals surface area contributed by atoms with Crippen LogP contribution in [0.2, 0.25) is 0 Å². The normalized spacial score (nSPS) is 18.2. The first-order valence-electron chi connectivity index (χ1n) is 7.61. The molecule has 1 aromatic rings. The molecule has 2 atom stereocenters. The van der Waals surface area contributed by atoms with Gasteiger partial charge in [0.05, 0.1) is 22.0 Å². The molecule has 0 bridgehead atoms. The minimum atomic E-state index is 0.317. The summed E-state index contributed by atoms with van der Waals surface area (Å²) in [5, 5.41) is 8.03. The van der Waals surface area contributed by atoms with Crippen LogP contribution in [-0.2, 0) is 24.6 Å².